The van der Waals surface area contributed by atoms with Crippen LogP contribution < -0.4 is 5.32 Å². The van der Waals surface area contributed by atoms with Crippen molar-refractivity contribution in [3.63, 3.8) is 0 Å². The third-order valence-electron chi connectivity index (χ3n) is 5.04. The quantitative estimate of drug-likeness (QED) is 0.696. The average molecular weight is 395 g/mol. The molecule has 4 rings (SSSR count). The number of carbonyl (C=O) groups excluding carboxylic acids is 1. The van der Waals surface area contributed by atoms with E-state index in [1.54, 1.807) is 21.5 Å². The Balaban J connectivity index is 1.61. The summed E-state index contributed by atoms with van der Waals surface area (Å²) >= 11 is 0. The van der Waals surface area contributed by atoms with E-state index in [1.807, 2.05) is 46.8 Å². The summed E-state index contributed by atoms with van der Waals surface area (Å²) in [5.74, 6) is -0.294. The van der Waals surface area contributed by atoms with Crippen LogP contribution in [0.25, 0.3) is 5.69 Å². The minimum Gasteiger partial charge on any atom is -0.321 e. The molecule has 152 valence electrons. The lowest BCUT2D eigenvalue weighted by molar-refractivity contribution is 0.100. The molecular weight excluding hydrogens is 369 g/mol. The number of aromatic nitrogens is 4. The molecular formula is C22H26FN5O. The van der Waals surface area contributed by atoms with Gasteiger partial charge in [0.25, 0.3) is 5.91 Å². The van der Waals surface area contributed by atoms with Crippen LogP contribution in [-0.2, 0) is 5.54 Å². The Morgan fingerprint density at radius 1 is 1.14 bits per heavy atom. The second kappa shape index (κ2) is 6.83. The first kappa shape index (κ1) is 19.4. The zero-order chi connectivity index (χ0) is 20.9. The molecule has 1 N–H and O–H groups in total. The van der Waals surface area contributed by atoms with Crippen LogP contribution in [0.15, 0.2) is 30.3 Å². The van der Waals surface area contributed by atoms with Crippen LogP contribution in [0.4, 0.5) is 10.1 Å². The Kier molecular flexibility index (Phi) is 4.56. The van der Waals surface area contributed by atoms with Crippen molar-refractivity contribution in [3.8, 4) is 5.69 Å². The molecule has 1 aliphatic carbocycles. The first-order valence-electron chi connectivity index (χ1n) is 9.88. The molecule has 1 aliphatic rings. The first-order valence-corrected chi connectivity index (χ1v) is 9.88. The number of rotatable bonds is 4. The summed E-state index contributed by atoms with van der Waals surface area (Å²) in [5, 5.41) is 11.8. The summed E-state index contributed by atoms with van der Waals surface area (Å²) in [4.78, 5) is 12.9. The van der Waals surface area contributed by atoms with Gasteiger partial charge in [0, 0.05) is 17.3 Å². The fourth-order valence-electron chi connectivity index (χ4n) is 3.48. The zero-order valence-corrected chi connectivity index (χ0v) is 17.5. The molecule has 7 heteroatoms. The number of aryl methyl sites for hydroxylation is 2. The van der Waals surface area contributed by atoms with Crippen molar-refractivity contribution in [2.75, 3.05) is 5.32 Å². The molecule has 2 aromatic heterocycles. The Bertz CT molecular complexity index is 1090. The monoisotopic (exact) mass is 395 g/mol. The fraction of sp³-hybridized carbons (Fsp3) is 0.409. The standard InChI is InChI=1S/C22H26FN5O/c1-13-10-14(2)27(25-13)19-9-8-16(11-17(19)23)24-21(29)20-12-18(15-6-7-15)26-28(20)22(3,4)5/h8-12,15H,6-7H2,1-5H3,(H,24,29). The highest BCUT2D eigenvalue weighted by molar-refractivity contribution is 6.03. The van der Waals surface area contributed by atoms with E-state index in [-0.39, 0.29) is 11.4 Å². The maximum Gasteiger partial charge on any atom is 0.273 e. The van der Waals surface area contributed by atoms with Crippen LogP contribution in [0.1, 0.15) is 67.1 Å². The van der Waals surface area contributed by atoms with Crippen LogP contribution in [-0.4, -0.2) is 25.5 Å². The molecule has 0 aliphatic heterocycles. The van der Waals surface area contributed by atoms with E-state index in [2.05, 4.69) is 15.5 Å². The van der Waals surface area contributed by atoms with Gasteiger partial charge in [0.05, 0.1) is 16.9 Å². The summed E-state index contributed by atoms with van der Waals surface area (Å²) in [6.07, 6.45) is 2.22. The molecule has 0 bridgehead atoms. The summed E-state index contributed by atoms with van der Waals surface area (Å²) < 4.78 is 18.1. The van der Waals surface area contributed by atoms with Gasteiger partial charge in [-0.2, -0.15) is 10.2 Å². The molecule has 1 aromatic carbocycles. The molecule has 0 radical (unpaired) electrons. The van der Waals surface area contributed by atoms with E-state index in [0.29, 0.717) is 23.0 Å². The Morgan fingerprint density at radius 3 is 2.41 bits per heavy atom. The normalized spacial score (nSPS) is 14.3. The highest BCUT2D eigenvalue weighted by Crippen LogP contribution is 2.40. The fourth-order valence-corrected chi connectivity index (χ4v) is 3.48. The highest BCUT2D eigenvalue weighted by atomic mass is 19.1. The number of hydrogen-bond donors (Lipinski definition) is 1. The molecule has 1 saturated carbocycles. The number of benzene rings is 1. The second-order valence-electron chi connectivity index (χ2n) is 8.77. The summed E-state index contributed by atoms with van der Waals surface area (Å²) in [6, 6.07) is 8.38. The molecule has 29 heavy (non-hydrogen) atoms. The third-order valence-corrected chi connectivity index (χ3v) is 5.04. The molecule has 0 unspecified atom stereocenters. The predicted molar refractivity (Wildman–Crippen MR) is 110 cm³/mol. The molecule has 6 nitrogen and oxygen atoms in total. The van der Waals surface area contributed by atoms with Gasteiger partial charge in [-0.05, 0) is 77.8 Å². The molecule has 0 saturated heterocycles. The molecule has 1 amide bonds. The molecule has 2 heterocycles. The van der Waals surface area contributed by atoms with Gasteiger partial charge in [-0.25, -0.2) is 9.07 Å². The van der Waals surface area contributed by atoms with Gasteiger partial charge in [-0.15, -0.1) is 0 Å². The predicted octanol–water partition coefficient (Wildman–Crippen LogP) is 4.71. The Morgan fingerprint density at radius 2 is 1.86 bits per heavy atom. The van der Waals surface area contributed by atoms with Crippen molar-refractivity contribution in [2.24, 2.45) is 0 Å². The van der Waals surface area contributed by atoms with Gasteiger partial charge >= 0.3 is 0 Å². The smallest absolute Gasteiger partial charge is 0.273 e. The number of nitrogens with zero attached hydrogens (tertiary/aromatic N) is 4. The summed E-state index contributed by atoms with van der Waals surface area (Å²) in [7, 11) is 0. The molecule has 1 fully saturated rings. The van der Waals surface area contributed by atoms with Crippen LogP contribution in [0.2, 0.25) is 0 Å². The zero-order valence-electron chi connectivity index (χ0n) is 17.5. The molecule has 3 aromatic rings. The van der Waals surface area contributed by atoms with E-state index < -0.39 is 5.82 Å². The lowest BCUT2D eigenvalue weighted by Gasteiger charge is -2.22. The van der Waals surface area contributed by atoms with Crippen molar-refractivity contribution in [1.82, 2.24) is 19.6 Å². The molecule has 0 atom stereocenters. The maximum atomic E-state index is 14.7. The third kappa shape index (κ3) is 3.81. The number of halogens is 1. The van der Waals surface area contributed by atoms with Gasteiger partial charge in [-0.3, -0.25) is 9.48 Å². The first-order chi connectivity index (χ1) is 13.6. The minimum absolute atomic E-state index is 0.294. The SMILES string of the molecule is Cc1cc(C)n(-c2ccc(NC(=O)c3cc(C4CC4)nn3C(C)(C)C)cc2F)n1. The van der Waals surface area contributed by atoms with Crippen molar-refractivity contribution >= 4 is 11.6 Å². The summed E-state index contributed by atoms with van der Waals surface area (Å²) in [6.45, 7) is 9.77. The van der Waals surface area contributed by atoms with Crippen molar-refractivity contribution in [1.29, 1.82) is 0 Å². The van der Waals surface area contributed by atoms with Crippen molar-refractivity contribution in [3.05, 3.63) is 58.9 Å². The van der Waals surface area contributed by atoms with E-state index in [1.165, 1.54) is 6.07 Å². The van der Waals surface area contributed by atoms with Gasteiger partial charge < -0.3 is 5.32 Å². The van der Waals surface area contributed by atoms with Crippen molar-refractivity contribution in [2.45, 2.75) is 58.9 Å². The van der Waals surface area contributed by atoms with Gasteiger partial charge in [-0.1, -0.05) is 0 Å². The minimum atomic E-state index is -0.447. The average Bonchev–Trinajstić information content (AvgIpc) is 3.27. The number of hydrogen-bond acceptors (Lipinski definition) is 3. The van der Waals surface area contributed by atoms with Crippen LogP contribution in [0.5, 0.6) is 0 Å². The topological polar surface area (TPSA) is 64.7 Å². The van der Waals surface area contributed by atoms with Crippen LogP contribution in [0, 0.1) is 19.7 Å². The van der Waals surface area contributed by atoms with E-state index in [9.17, 15) is 9.18 Å². The van der Waals surface area contributed by atoms with E-state index >= 15 is 0 Å². The van der Waals surface area contributed by atoms with Gasteiger partial charge in [0.1, 0.15) is 11.4 Å². The van der Waals surface area contributed by atoms with Gasteiger partial charge in [0.2, 0.25) is 0 Å². The van der Waals surface area contributed by atoms with Crippen LogP contribution >= 0.6 is 0 Å². The van der Waals surface area contributed by atoms with E-state index in [4.69, 9.17) is 0 Å². The van der Waals surface area contributed by atoms with E-state index in [0.717, 1.165) is 29.9 Å². The number of amides is 1. The number of nitrogens with one attached hydrogen (secondary N) is 1. The lowest BCUT2D eigenvalue weighted by atomic mass is 10.1. The Labute approximate surface area is 169 Å². The second-order valence-corrected chi connectivity index (χ2v) is 8.77. The van der Waals surface area contributed by atoms with Crippen molar-refractivity contribution < 1.29 is 9.18 Å². The lowest BCUT2D eigenvalue weighted by Crippen LogP contribution is -2.29. The largest absolute Gasteiger partial charge is 0.321 e. The Hall–Kier alpha value is -2.96. The highest BCUT2D eigenvalue weighted by Gasteiger charge is 2.31. The number of anilines is 1. The maximum absolute atomic E-state index is 14.7. The summed E-state index contributed by atoms with van der Waals surface area (Å²) in [5.41, 5.74) is 3.53. The number of carbonyl (C=O) groups is 1. The van der Waals surface area contributed by atoms with Gasteiger partial charge in [0.15, 0.2) is 5.82 Å². The van der Waals surface area contributed by atoms with Crippen LogP contribution in [0.3, 0.4) is 0 Å². The molecule has 0 spiro atoms.